The predicted molar refractivity (Wildman–Crippen MR) is 83.4 cm³/mol. The summed E-state index contributed by atoms with van der Waals surface area (Å²) in [5, 5.41) is 13.5. The first kappa shape index (κ1) is 18.2. The van der Waals surface area contributed by atoms with Gasteiger partial charge in [-0.2, -0.15) is 5.26 Å². The zero-order valence-corrected chi connectivity index (χ0v) is 13.1. The second-order valence-corrected chi connectivity index (χ2v) is 5.23. The number of hydrogen-bond acceptors (Lipinski definition) is 5. The first-order chi connectivity index (χ1) is 10.9. The Balaban J connectivity index is 2.46. The summed E-state index contributed by atoms with van der Waals surface area (Å²) in [6, 6.07) is 7.71. The molecule has 0 saturated carbocycles. The molecule has 0 aliphatic heterocycles. The minimum absolute atomic E-state index is 0.241. The van der Waals surface area contributed by atoms with Crippen molar-refractivity contribution >= 4 is 23.5 Å². The molecule has 0 aromatic heterocycles. The summed E-state index contributed by atoms with van der Waals surface area (Å²) < 4.78 is 4.90. The van der Waals surface area contributed by atoms with E-state index in [1.807, 2.05) is 13.8 Å². The van der Waals surface area contributed by atoms with Crippen molar-refractivity contribution in [3.63, 3.8) is 0 Å². The van der Waals surface area contributed by atoms with Crippen LogP contribution < -0.4 is 10.6 Å². The van der Waals surface area contributed by atoms with Crippen molar-refractivity contribution in [2.75, 3.05) is 18.5 Å². The van der Waals surface area contributed by atoms with Gasteiger partial charge in [0.25, 0.3) is 5.91 Å². The summed E-state index contributed by atoms with van der Waals surface area (Å²) >= 11 is 0. The van der Waals surface area contributed by atoms with Crippen LogP contribution in [0.2, 0.25) is 0 Å². The predicted octanol–water partition coefficient (Wildman–Crippen LogP) is 1.47. The second kappa shape index (κ2) is 9.20. The maximum Gasteiger partial charge on any atom is 0.338 e. The number of hydrogen-bond donors (Lipinski definition) is 2. The van der Waals surface area contributed by atoms with Crippen LogP contribution in [0.1, 0.15) is 30.6 Å². The summed E-state index contributed by atoms with van der Waals surface area (Å²) in [5.74, 6) is -1.09. The van der Waals surface area contributed by atoms with Crippen LogP contribution in [-0.4, -0.2) is 30.9 Å². The topological polar surface area (TPSA) is 108 Å². The van der Waals surface area contributed by atoms with E-state index in [1.165, 1.54) is 24.3 Å². The van der Waals surface area contributed by atoms with Crippen LogP contribution in [0.3, 0.4) is 0 Å². The molecule has 1 aromatic carbocycles. The van der Waals surface area contributed by atoms with E-state index in [4.69, 9.17) is 10.00 Å². The van der Waals surface area contributed by atoms with Crippen LogP contribution in [0, 0.1) is 17.2 Å². The monoisotopic (exact) mass is 317 g/mol. The van der Waals surface area contributed by atoms with Crippen molar-refractivity contribution in [3.05, 3.63) is 29.8 Å². The third-order valence-electron chi connectivity index (χ3n) is 2.69. The summed E-state index contributed by atoms with van der Waals surface area (Å²) in [4.78, 5) is 34.5. The third kappa shape index (κ3) is 7.09. The van der Waals surface area contributed by atoms with Gasteiger partial charge in [0.15, 0.2) is 6.61 Å². The summed E-state index contributed by atoms with van der Waals surface area (Å²) in [6.07, 6.45) is -0.241. The second-order valence-electron chi connectivity index (χ2n) is 5.23. The Hall–Kier alpha value is -2.88. The van der Waals surface area contributed by atoms with Crippen molar-refractivity contribution < 1.29 is 19.1 Å². The Labute approximate surface area is 134 Å². The maximum atomic E-state index is 11.8. The zero-order chi connectivity index (χ0) is 17.2. The number of nitrogens with zero attached hydrogens (tertiary/aromatic N) is 1. The van der Waals surface area contributed by atoms with E-state index >= 15 is 0 Å². The highest BCUT2D eigenvalue weighted by Gasteiger charge is 2.10. The zero-order valence-electron chi connectivity index (χ0n) is 13.1. The molecule has 1 rings (SSSR count). The molecule has 1 aromatic rings. The van der Waals surface area contributed by atoms with Crippen molar-refractivity contribution in [1.29, 1.82) is 5.26 Å². The van der Waals surface area contributed by atoms with Gasteiger partial charge in [-0.3, -0.25) is 9.59 Å². The Bertz CT molecular complexity index is 603. The van der Waals surface area contributed by atoms with Gasteiger partial charge in [0.2, 0.25) is 5.91 Å². The molecule has 7 heteroatoms. The summed E-state index contributed by atoms with van der Waals surface area (Å²) in [7, 11) is 0. The number of carbonyl (C=O) groups is 3. The first-order valence-electron chi connectivity index (χ1n) is 7.13. The third-order valence-corrected chi connectivity index (χ3v) is 2.69. The van der Waals surface area contributed by atoms with E-state index in [2.05, 4.69) is 10.6 Å². The molecule has 0 radical (unpaired) electrons. The minimum atomic E-state index is -0.625. The molecule has 0 saturated heterocycles. The molecule has 0 aliphatic rings. The number of rotatable bonds is 7. The van der Waals surface area contributed by atoms with E-state index in [-0.39, 0.29) is 24.5 Å². The fourth-order valence-electron chi connectivity index (χ4n) is 1.55. The molecule has 0 spiro atoms. The molecular formula is C16H19N3O4. The minimum Gasteiger partial charge on any atom is -0.452 e. The highest BCUT2D eigenvalue weighted by molar-refractivity contribution is 5.94. The lowest BCUT2D eigenvalue weighted by molar-refractivity contribution is -0.124. The van der Waals surface area contributed by atoms with Gasteiger partial charge in [0, 0.05) is 12.2 Å². The Morgan fingerprint density at radius 1 is 1.17 bits per heavy atom. The number of nitriles is 1. The summed E-state index contributed by atoms with van der Waals surface area (Å²) in [6.45, 7) is 4.10. The SMILES string of the molecule is CC(C)CNC(=O)COC(=O)c1ccc(NC(=O)CC#N)cc1. The highest BCUT2D eigenvalue weighted by atomic mass is 16.5. The van der Waals surface area contributed by atoms with E-state index in [1.54, 1.807) is 6.07 Å². The molecule has 0 unspecified atom stereocenters. The van der Waals surface area contributed by atoms with E-state index in [9.17, 15) is 14.4 Å². The molecule has 0 bridgehead atoms. The number of anilines is 1. The van der Waals surface area contributed by atoms with Crippen LogP contribution in [0.4, 0.5) is 5.69 Å². The quantitative estimate of drug-likeness (QED) is 0.740. The molecule has 7 nitrogen and oxygen atoms in total. The normalized spacial score (nSPS) is 9.83. The molecule has 2 amide bonds. The van der Waals surface area contributed by atoms with Crippen LogP contribution >= 0.6 is 0 Å². The average Bonchev–Trinajstić information content (AvgIpc) is 2.51. The lowest BCUT2D eigenvalue weighted by Gasteiger charge is -2.08. The Morgan fingerprint density at radius 2 is 1.83 bits per heavy atom. The first-order valence-corrected chi connectivity index (χ1v) is 7.13. The number of ether oxygens (including phenoxy) is 1. The van der Waals surface area contributed by atoms with Gasteiger partial charge in [-0.25, -0.2) is 4.79 Å². The molecule has 0 atom stereocenters. The lowest BCUT2D eigenvalue weighted by atomic mass is 10.2. The number of esters is 1. The van der Waals surface area contributed by atoms with E-state index in [0.717, 1.165) is 0 Å². The molecule has 23 heavy (non-hydrogen) atoms. The molecule has 122 valence electrons. The van der Waals surface area contributed by atoms with Crippen molar-refractivity contribution in [1.82, 2.24) is 5.32 Å². The fourth-order valence-corrected chi connectivity index (χ4v) is 1.55. The number of amides is 2. The molecule has 0 heterocycles. The van der Waals surface area contributed by atoms with Gasteiger partial charge in [0.1, 0.15) is 6.42 Å². The van der Waals surface area contributed by atoms with Gasteiger partial charge in [-0.15, -0.1) is 0 Å². The summed E-state index contributed by atoms with van der Waals surface area (Å²) in [5.41, 5.74) is 0.733. The van der Waals surface area contributed by atoms with Crippen molar-refractivity contribution in [2.24, 2.45) is 5.92 Å². The fraction of sp³-hybridized carbons (Fsp3) is 0.375. The standard InChI is InChI=1S/C16H19N3O4/c1-11(2)9-18-15(21)10-23-16(22)12-3-5-13(6-4-12)19-14(20)7-8-17/h3-6,11H,7,9-10H2,1-2H3,(H,18,21)(H,19,20). The van der Waals surface area contributed by atoms with Crippen molar-refractivity contribution in [2.45, 2.75) is 20.3 Å². The van der Waals surface area contributed by atoms with Crippen LogP contribution in [-0.2, 0) is 14.3 Å². The number of carbonyl (C=O) groups excluding carboxylic acids is 3. The van der Waals surface area contributed by atoms with E-state index < -0.39 is 11.9 Å². The molecule has 2 N–H and O–H groups in total. The van der Waals surface area contributed by atoms with Gasteiger partial charge in [-0.1, -0.05) is 13.8 Å². The van der Waals surface area contributed by atoms with Gasteiger partial charge in [0.05, 0.1) is 11.6 Å². The van der Waals surface area contributed by atoms with Crippen LogP contribution in [0.15, 0.2) is 24.3 Å². The Kier molecular flexibility index (Phi) is 7.27. The average molecular weight is 317 g/mol. The number of nitrogens with one attached hydrogen (secondary N) is 2. The van der Waals surface area contributed by atoms with Gasteiger partial charge >= 0.3 is 5.97 Å². The van der Waals surface area contributed by atoms with Gasteiger partial charge < -0.3 is 15.4 Å². The molecule has 0 aliphatic carbocycles. The molecular weight excluding hydrogens is 298 g/mol. The Morgan fingerprint density at radius 3 is 2.39 bits per heavy atom. The smallest absolute Gasteiger partial charge is 0.338 e. The number of benzene rings is 1. The van der Waals surface area contributed by atoms with Crippen LogP contribution in [0.25, 0.3) is 0 Å². The maximum absolute atomic E-state index is 11.8. The van der Waals surface area contributed by atoms with Crippen molar-refractivity contribution in [3.8, 4) is 6.07 Å². The highest BCUT2D eigenvalue weighted by Crippen LogP contribution is 2.10. The lowest BCUT2D eigenvalue weighted by Crippen LogP contribution is -2.31. The largest absolute Gasteiger partial charge is 0.452 e. The van der Waals surface area contributed by atoms with Crippen LogP contribution in [0.5, 0.6) is 0 Å². The molecule has 0 fully saturated rings. The van der Waals surface area contributed by atoms with Gasteiger partial charge in [-0.05, 0) is 30.2 Å². The van der Waals surface area contributed by atoms with E-state index in [0.29, 0.717) is 18.2 Å².